The van der Waals surface area contributed by atoms with Crippen molar-refractivity contribution in [1.29, 1.82) is 0 Å². The van der Waals surface area contributed by atoms with Gasteiger partial charge in [-0.05, 0) is 31.0 Å². The molecule has 7 heteroatoms. The third-order valence-corrected chi connectivity index (χ3v) is 4.17. The first kappa shape index (κ1) is 20.2. The molecule has 0 unspecified atom stereocenters. The van der Waals surface area contributed by atoms with Gasteiger partial charge in [-0.15, -0.1) is 0 Å². The summed E-state index contributed by atoms with van der Waals surface area (Å²) in [6, 6.07) is 7.89. The molecular formula is C19H31N5O2. The van der Waals surface area contributed by atoms with Gasteiger partial charge in [-0.25, -0.2) is 4.99 Å². The largest absolute Gasteiger partial charge is 0.379 e. The highest BCUT2D eigenvalue weighted by molar-refractivity contribution is 5.94. The molecule has 1 fully saturated rings. The van der Waals surface area contributed by atoms with Gasteiger partial charge in [-0.2, -0.15) is 0 Å². The Kier molecular flexibility index (Phi) is 8.92. The number of ether oxygens (including phenoxy) is 1. The van der Waals surface area contributed by atoms with Crippen molar-refractivity contribution >= 4 is 17.6 Å². The fraction of sp³-hybridized carbons (Fsp3) is 0.579. The lowest BCUT2D eigenvalue weighted by Crippen LogP contribution is -2.44. The van der Waals surface area contributed by atoms with E-state index in [1.807, 2.05) is 25.1 Å². The van der Waals surface area contributed by atoms with Crippen molar-refractivity contribution in [3.63, 3.8) is 0 Å². The van der Waals surface area contributed by atoms with E-state index in [-0.39, 0.29) is 12.5 Å². The number of aliphatic imine (C=N–C) groups is 1. The maximum Gasteiger partial charge on any atom is 0.246 e. The monoisotopic (exact) mass is 361 g/mol. The van der Waals surface area contributed by atoms with Crippen LogP contribution in [0.2, 0.25) is 0 Å². The number of nitrogens with zero attached hydrogens (tertiary/aromatic N) is 2. The zero-order valence-corrected chi connectivity index (χ0v) is 15.9. The normalized spacial score (nSPS) is 15.5. The molecule has 0 aromatic heterocycles. The van der Waals surface area contributed by atoms with Crippen LogP contribution >= 0.6 is 0 Å². The first-order chi connectivity index (χ1) is 12.7. The van der Waals surface area contributed by atoms with Gasteiger partial charge >= 0.3 is 0 Å². The lowest BCUT2D eigenvalue weighted by atomic mass is 10.1. The number of nitrogens with one attached hydrogen (secondary N) is 3. The first-order valence-electron chi connectivity index (χ1n) is 9.42. The summed E-state index contributed by atoms with van der Waals surface area (Å²) in [6.07, 6.45) is 0.944. The highest BCUT2D eigenvalue weighted by Gasteiger charge is 2.10. The fourth-order valence-electron chi connectivity index (χ4n) is 2.72. The summed E-state index contributed by atoms with van der Waals surface area (Å²) in [7, 11) is 0. The summed E-state index contributed by atoms with van der Waals surface area (Å²) in [5, 5.41) is 9.35. The lowest BCUT2D eigenvalue weighted by Gasteiger charge is -2.26. The van der Waals surface area contributed by atoms with E-state index in [2.05, 4.69) is 38.8 Å². The molecule has 0 spiro atoms. The number of benzene rings is 1. The van der Waals surface area contributed by atoms with Crippen LogP contribution in [0, 0.1) is 0 Å². The van der Waals surface area contributed by atoms with Crippen molar-refractivity contribution < 1.29 is 9.53 Å². The van der Waals surface area contributed by atoms with Gasteiger partial charge in [0, 0.05) is 38.4 Å². The number of morpholine rings is 1. The predicted molar refractivity (Wildman–Crippen MR) is 106 cm³/mol. The second-order valence-corrected chi connectivity index (χ2v) is 6.18. The molecule has 0 bridgehead atoms. The maximum atomic E-state index is 12.1. The minimum atomic E-state index is -0.122. The fourth-order valence-corrected chi connectivity index (χ4v) is 2.72. The SMILES string of the molecule is CCNC(=NCC(=O)Nc1cccc(CC)c1)NCCN1CCOCC1. The second kappa shape index (κ2) is 11.5. The van der Waals surface area contributed by atoms with Crippen LogP contribution in [0.5, 0.6) is 0 Å². The maximum absolute atomic E-state index is 12.1. The van der Waals surface area contributed by atoms with Gasteiger partial charge in [-0.1, -0.05) is 19.1 Å². The summed E-state index contributed by atoms with van der Waals surface area (Å²) in [4.78, 5) is 18.9. The van der Waals surface area contributed by atoms with Crippen LogP contribution in [0.1, 0.15) is 19.4 Å². The van der Waals surface area contributed by atoms with E-state index >= 15 is 0 Å². The van der Waals surface area contributed by atoms with Gasteiger partial charge in [0.2, 0.25) is 5.91 Å². The molecule has 26 heavy (non-hydrogen) atoms. The topological polar surface area (TPSA) is 78.0 Å². The number of carbonyl (C=O) groups is 1. The summed E-state index contributed by atoms with van der Waals surface area (Å²) < 4.78 is 5.35. The number of amides is 1. The third kappa shape index (κ3) is 7.41. The third-order valence-electron chi connectivity index (χ3n) is 4.17. The molecule has 7 nitrogen and oxygen atoms in total. The Labute approximate surface area is 156 Å². The summed E-state index contributed by atoms with van der Waals surface area (Å²) in [5.74, 6) is 0.543. The summed E-state index contributed by atoms with van der Waals surface area (Å²) >= 11 is 0. The highest BCUT2D eigenvalue weighted by atomic mass is 16.5. The van der Waals surface area contributed by atoms with E-state index in [4.69, 9.17) is 4.74 Å². The summed E-state index contributed by atoms with van der Waals surface area (Å²) in [6.45, 7) is 10.2. The number of guanidine groups is 1. The Bertz CT molecular complexity index is 585. The Morgan fingerprint density at radius 2 is 2.04 bits per heavy atom. The number of carbonyl (C=O) groups excluding carboxylic acids is 1. The van der Waals surface area contributed by atoms with Gasteiger partial charge < -0.3 is 20.7 Å². The predicted octanol–water partition coefficient (Wildman–Crippen LogP) is 1.07. The van der Waals surface area contributed by atoms with Crippen LogP contribution in [-0.2, 0) is 16.0 Å². The number of anilines is 1. The van der Waals surface area contributed by atoms with Crippen LogP contribution in [0.4, 0.5) is 5.69 Å². The Morgan fingerprint density at radius 3 is 2.77 bits per heavy atom. The smallest absolute Gasteiger partial charge is 0.246 e. The van der Waals surface area contributed by atoms with E-state index in [0.29, 0.717) is 5.96 Å². The van der Waals surface area contributed by atoms with Crippen molar-refractivity contribution in [2.45, 2.75) is 20.3 Å². The molecule has 1 amide bonds. The standard InChI is InChI=1S/C19H31N5O2/c1-3-16-6-5-7-17(14-16)23-18(25)15-22-19(20-4-2)21-8-9-24-10-12-26-13-11-24/h5-7,14H,3-4,8-13,15H2,1-2H3,(H,23,25)(H2,20,21,22). The average Bonchev–Trinajstić information content (AvgIpc) is 2.67. The van der Waals surface area contributed by atoms with E-state index in [1.165, 1.54) is 5.56 Å². The van der Waals surface area contributed by atoms with Crippen LogP contribution < -0.4 is 16.0 Å². The Hall–Kier alpha value is -2.12. The number of hydrogen-bond donors (Lipinski definition) is 3. The van der Waals surface area contributed by atoms with E-state index < -0.39 is 0 Å². The molecule has 0 radical (unpaired) electrons. The second-order valence-electron chi connectivity index (χ2n) is 6.18. The quantitative estimate of drug-likeness (QED) is 0.477. The molecule has 0 atom stereocenters. The molecule has 1 heterocycles. The van der Waals surface area contributed by atoms with Crippen LogP contribution in [0.25, 0.3) is 0 Å². The van der Waals surface area contributed by atoms with Gasteiger partial charge in [0.05, 0.1) is 13.2 Å². The van der Waals surface area contributed by atoms with Crippen molar-refractivity contribution in [3.8, 4) is 0 Å². The van der Waals surface area contributed by atoms with Crippen molar-refractivity contribution in [2.75, 3.05) is 57.8 Å². The van der Waals surface area contributed by atoms with E-state index in [9.17, 15) is 4.79 Å². The lowest BCUT2D eigenvalue weighted by molar-refractivity contribution is -0.114. The molecule has 3 N–H and O–H groups in total. The van der Waals surface area contributed by atoms with Crippen LogP contribution in [0.3, 0.4) is 0 Å². The molecule has 0 aliphatic carbocycles. The van der Waals surface area contributed by atoms with Gasteiger partial charge in [0.1, 0.15) is 6.54 Å². The van der Waals surface area contributed by atoms with E-state index in [1.54, 1.807) is 0 Å². The Morgan fingerprint density at radius 1 is 1.23 bits per heavy atom. The van der Waals surface area contributed by atoms with Crippen LogP contribution in [-0.4, -0.2) is 69.2 Å². The number of hydrogen-bond acceptors (Lipinski definition) is 4. The molecule has 0 saturated carbocycles. The number of rotatable bonds is 8. The van der Waals surface area contributed by atoms with Crippen LogP contribution in [0.15, 0.2) is 29.3 Å². The molecule has 2 rings (SSSR count). The van der Waals surface area contributed by atoms with Crippen molar-refractivity contribution in [1.82, 2.24) is 15.5 Å². The highest BCUT2D eigenvalue weighted by Crippen LogP contribution is 2.10. The molecule has 1 saturated heterocycles. The molecule has 1 aliphatic heterocycles. The first-order valence-corrected chi connectivity index (χ1v) is 9.42. The van der Waals surface area contributed by atoms with Gasteiger partial charge in [-0.3, -0.25) is 9.69 Å². The van der Waals surface area contributed by atoms with Gasteiger partial charge in [0.25, 0.3) is 0 Å². The van der Waals surface area contributed by atoms with Crippen molar-refractivity contribution in [3.05, 3.63) is 29.8 Å². The molecule has 1 aliphatic rings. The molecule has 1 aromatic rings. The molecule has 144 valence electrons. The zero-order valence-electron chi connectivity index (χ0n) is 15.9. The van der Waals surface area contributed by atoms with Crippen molar-refractivity contribution in [2.24, 2.45) is 4.99 Å². The minimum absolute atomic E-state index is 0.0865. The molecule has 1 aromatic carbocycles. The van der Waals surface area contributed by atoms with E-state index in [0.717, 1.165) is 58.0 Å². The zero-order chi connectivity index (χ0) is 18.6. The van der Waals surface area contributed by atoms with Gasteiger partial charge in [0.15, 0.2) is 5.96 Å². The number of aryl methyl sites for hydroxylation is 1. The Balaban J connectivity index is 1.77. The molecular weight excluding hydrogens is 330 g/mol. The minimum Gasteiger partial charge on any atom is -0.379 e. The average molecular weight is 361 g/mol. The summed E-state index contributed by atoms with van der Waals surface area (Å²) in [5.41, 5.74) is 2.01.